The van der Waals surface area contributed by atoms with Gasteiger partial charge in [-0.15, -0.1) is 0 Å². The number of aromatic hydroxyl groups is 1. The predicted octanol–water partition coefficient (Wildman–Crippen LogP) is 3.50. The molecule has 1 aromatic heterocycles. The minimum absolute atomic E-state index is 0.0353. The van der Waals surface area contributed by atoms with Crippen LogP contribution in [0.5, 0.6) is 5.75 Å². The summed E-state index contributed by atoms with van der Waals surface area (Å²) in [7, 11) is 0. The molecule has 4 nitrogen and oxygen atoms in total. The van der Waals surface area contributed by atoms with Crippen LogP contribution in [-0.4, -0.2) is 16.0 Å². The van der Waals surface area contributed by atoms with Crippen molar-refractivity contribution in [3.63, 3.8) is 0 Å². The Balaban J connectivity index is 1.90. The molecule has 104 valence electrons. The molecule has 3 rings (SSSR count). The molecule has 0 aliphatic rings. The molecule has 0 aliphatic carbocycles. The molecule has 0 aliphatic heterocycles. The van der Waals surface area contributed by atoms with Crippen LogP contribution < -0.4 is 5.32 Å². The standard InChI is InChI=1S/C17H14N2O2/c1-11-6-7-16(20)14(8-11)17(21)19-13-9-12-4-2-3-5-15(12)18-10-13/h2-10,20H,1H3,(H,19,21). The molecular formula is C17H14N2O2. The van der Waals surface area contributed by atoms with Gasteiger partial charge in [0.25, 0.3) is 5.91 Å². The summed E-state index contributed by atoms with van der Waals surface area (Å²) in [5, 5.41) is 13.5. The maximum absolute atomic E-state index is 12.2. The van der Waals surface area contributed by atoms with Gasteiger partial charge in [0.15, 0.2) is 0 Å². The molecule has 3 aromatic rings. The van der Waals surface area contributed by atoms with E-state index >= 15 is 0 Å². The van der Waals surface area contributed by atoms with Gasteiger partial charge in [-0.1, -0.05) is 29.8 Å². The fourth-order valence-corrected chi connectivity index (χ4v) is 2.17. The van der Waals surface area contributed by atoms with Crippen LogP contribution in [0.15, 0.2) is 54.7 Å². The van der Waals surface area contributed by atoms with Gasteiger partial charge >= 0.3 is 0 Å². The Morgan fingerprint density at radius 2 is 1.95 bits per heavy atom. The number of carbonyl (C=O) groups excluding carboxylic acids is 1. The lowest BCUT2D eigenvalue weighted by Gasteiger charge is -2.08. The van der Waals surface area contributed by atoms with Gasteiger partial charge in [0.05, 0.1) is 23.0 Å². The van der Waals surface area contributed by atoms with Gasteiger partial charge in [0.1, 0.15) is 5.75 Å². The molecule has 2 N–H and O–H groups in total. The summed E-state index contributed by atoms with van der Waals surface area (Å²) in [6, 6.07) is 14.5. The van der Waals surface area contributed by atoms with E-state index in [4.69, 9.17) is 0 Å². The molecule has 21 heavy (non-hydrogen) atoms. The molecular weight excluding hydrogens is 264 g/mol. The number of pyridine rings is 1. The van der Waals surface area contributed by atoms with Crippen molar-refractivity contribution in [1.82, 2.24) is 4.98 Å². The molecule has 0 bridgehead atoms. The average molecular weight is 278 g/mol. The van der Waals surface area contributed by atoms with Crippen LogP contribution in [0.25, 0.3) is 10.9 Å². The maximum Gasteiger partial charge on any atom is 0.259 e. The highest BCUT2D eigenvalue weighted by Gasteiger charge is 2.11. The van der Waals surface area contributed by atoms with Crippen LogP contribution >= 0.6 is 0 Å². The first-order valence-electron chi connectivity index (χ1n) is 6.59. The lowest BCUT2D eigenvalue weighted by atomic mass is 10.1. The van der Waals surface area contributed by atoms with Gasteiger partial charge in [-0.3, -0.25) is 9.78 Å². The summed E-state index contributed by atoms with van der Waals surface area (Å²) in [4.78, 5) is 16.5. The van der Waals surface area contributed by atoms with Crippen molar-refractivity contribution in [3.8, 4) is 5.75 Å². The Kier molecular flexibility index (Phi) is 3.28. The summed E-state index contributed by atoms with van der Waals surface area (Å²) in [6.07, 6.45) is 1.60. The molecule has 0 fully saturated rings. The van der Waals surface area contributed by atoms with Gasteiger partial charge < -0.3 is 10.4 Å². The molecule has 0 saturated heterocycles. The van der Waals surface area contributed by atoms with E-state index in [9.17, 15) is 9.90 Å². The van der Waals surface area contributed by atoms with Crippen LogP contribution in [-0.2, 0) is 0 Å². The molecule has 4 heteroatoms. The SMILES string of the molecule is Cc1ccc(O)c(C(=O)Nc2cnc3ccccc3c2)c1. The largest absolute Gasteiger partial charge is 0.507 e. The van der Waals surface area contributed by atoms with Gasteiger partial charge in [0, 0.05) is 5.39 Å². The van der Waals surface area contributed by atoms with Crippen LogP contribution in [0.1, 0.15) is 15.9 Å². The Morgan fingerprint density at radius 1 is 1.14 bits per heavy atom. The Morgan fingerprint density at radius 3 is 2.81 bits per heavy atom. The topological polar surface area (TPSA) is 62.2 Å². The second-order valence-corrected chi connectivity index (χ2v) is 4.89. The highest BCUT2D eigenvalue weighted by atomic mass is 16.3. The average Bonchev–Trinajstić information content (AvgIpc) is 2.49. The van der Waals surface area contributed by atoms with E-state index in [1.54, 1.807) is 18.3 Å². The summed E-state index contributed by atoms with van der Waals surface area (Å²) in [5.74, 6) is -0.389. The van der Waals surface area contributed by atoms with Gasteiger partial charge in [-0.05, 0) is 31.2 Å². The fraction of sp³-hybridized carbons (Fsp3) is 0.0588. The van der Waals surface area contributed by atoms with Crippen molar-refractivity contribution < 1.29 is 9.90 Å². The lowest BCUT2D eigenvalue weighted by molar-refractivity contribution is 0.102. The Hall–Kier alpha value is -2.88. The number of rotatable bonds is 2. The van der Waals surface area contributed by atoms with Gasteiger partial charge in [0.2, 0.25) is 0 Å². The number of aryl methyl sites for hydroxylation is 1. The monoisotopic (exact) mass is 278 g/mol. The van der Waals surface area contributed by atoms with E-state index in [1.165, 1.54) is 6.07 Å². The Labute approximate surface area is 122 Å². The van der Waals surface area contributed by atoms with Crippen LogP contribution in [0.2, 0.25) is 0 Å². The number of hydrogen-bond acceptors (Lipinski definition) is 3. The maximum atomic E-state index is 12.2. The second kappa shape index (κ2) is 5.25. The Bertz CT molecular complexity index is 828. The third-order valence-electron chi connectivity index (χ3n) is 3.25. The highest BCUT2D eigenvalue weighted by Crippen LogP contribution is 2.21. The van der Waals surface area contributed by atoms with Crippen LogP contribution in [0.3, 0.4) is 0 Å². The van der Waals surface area contributed by atoms with E-state index < -0.39 is 0 Å². The molecule has 0 atom stereocenters. The molecule has 1 amide bonds. The van der Waals surface area contributed by atoms with E-state index in [2.05, 4.69) is 10.3 Å². The number of carbonyl (C=O) groups is 1. The fourth-order valence-electron chi connectivity index (χ4n) is 2.17. The number of amides is 1. The van der Waals surface area contributed by atoms with E-state index in [0.717, 1.165) is 16.5 Å². The number of aromatic nitrogens is 1. The number of phenolic OH excluding ortho intramolecular Hbond substituents is 1. The normalized spacial score (nSPS) is 10.5. The number of hydrogen-bond donors (Lipinski definition) is 2. The van der Waals surface area contributed by atoms with Crippen LogP contribution in [0.4, 0.5) is 5.69 Å². The molecule has 0 radical (unpaired) electrons. The van der Waals surface area contributed by atoms with Crippen molar-refractivity contribution in [2.45, 2.75) is 6.92 Å². The molecule has 1 heterocycles. The quantitative estimate of drug-likeness (QED) is 0.754. The first-order chi connectivity index (χ1) is 10.1. The highest BCUT2D eigenvalue weighted by molar-refractivity contribution is 6.06. The van der Waals surface area contributed by atoms with E-state index in [0.29, 0.717) is 5.69 Å². The molecule has 0 saturated carbocycles. The lowest BCUT2D eigenvalue weighted by Crippen LogP contribution is -2.12. The minimum Gasteiger partial charge on any atom is -0.507 e. The number of phenols is 1. The summed E-state index contributed by atoms with van der Waals surface area (Å²) in [6.45, 7) is 1.87. The number of fused-ring (bicyclic) bond motifs is 1. The van der Waals surface area contributed by atoms with Gasteiger partial charge in [-0.2, -0.15) is 0 Å². The summed E-state index contributed by atoms with van der Waals surface area (Å²) < 4.78 is 0. The predicted molar refractivity (Wildman–Crippen MR) is 82.5 cm³/mol. The smallest absolute Gasteiger partial charge is 0.259 e. The number of para-hydroxylation sites is 1. The first-order valence-corrected chi connectivity index (χ1v) is 6.59. The zero-order valence-corrected chi connectivity index (χ0v) is 11.5. The van der Waals surface area contributed by atoms with Crippen molar-refractivity contribution in [2.75, 3.05) is 5.32 Å². The molecule has 0 unspecified atom stereocenters. The molecule has 2 aromatic carbocycles. The minimum atomic E-state index is -0.353. The third kappa shape index (κ3) is 2.69. The third-order valence-corrected chi connectivity index (χ3v) is 3.25. The first kappa shape index (κ1) is 13.1. The van der Waals surface area contributed by atoms with Crippen molar-refractivity contribution in [2.24, 2.45) is 0 Å². The summed E-state index contributed by atoms with van der Waals surface area (Å²) in [5.41, 5.74) is 2.63. The zero-order valence-electron chi connectivity index (χ0n) is 11.5. The van der Waals surface area contributed by atoms with E-state index in [1.807, 2.05) is 37.3 Å². The van der Waals surface area contributed by atoms with Crippen molar-refractivity contribution in [1.29, 1.82) is 0 Å². The summed E-state index contributed by atoms with van der Waals surface area (Å²) >= 11 is 0. The number of nitrogens with one attached hydrogen (secondary N) is 1. The van der Waals surface area contributed by atoms with E-state index in [-0.39, 0.29) is 17.2 Å². The van der Waals surface area contributed by atoms with Gasteiger partial charge in [-0.25, -0.2) is 0 Å². The number of nitrogens with zero attached hydrogens (tertiary/aromatic N) is 1. The number of benzene rings is 2. The van der Waals surface area contributed by atoms with Crippen molar-refractivity contribution >= 4 is 22.5 Å². The van der Waals surface area contributed by atoms with Crippen LogP contribution in [0, 0.1) is 6.92 Å². The van der Waals surface area contributed by atoms with Crippen molar-refractivity contribution in [3.05, 3.63) is 65.9 Å². The molecule has 0 spiro atoms. The zero-order chi connectivity index (χ0) is 14.8. The number of anilines is 1. The second-order valence-electron chi connectivity index (χ2n) is 4.89.